The molecule has 4 heteroatoms. The molecule has 24 heavy (non-hydrogen) atoms. The summed E-state index contributed by atoms with van der Waals surface area (Å²) in [6.07, 6.45) is 8.36. The number of benzene rings is 1. The average molecular weight is 330 g/mol. The third-order valence-electron chi connectivity index (χ3n) is 4.28. The molecule has 0 amide bonds. The molecule has 0 radical (unpaired) electrons. The summed E-state index contributed by atoms with van der Waals surface area (Å²) in [7, 11) is 1.28. The lowest BCUT2D eigenvalue weighted by atomic mass is 9.98. The highest BCUT2D eigenvalue weighted by Gasteiger charge is 2.14. The molecule has 130 valence electrons. The number of methoxy groups -OCH3 is 1. The largest absolute Gasteiger partial charge is 0.469 e. The highest BCUT2D eigenvalue weighted by Crippen LogP contribution is 2.29. The van der Waals surface area contributed by atoms with E-state index >= 15 is 0 Å². The number of esters is 1. The molecule has 4 nitrogen and oxygen atoms in total. The minimum absolute atomic E-state index is 0.101. The zero-order valence-corrected chi connectivity index (χ0v) is 14.1. The number of rotatable bonds is 6. The Balaban J connectivity index is 1.96. The maximum atomic E-state index is 11.1. The van der Waals surface area contributed by atoms with Crippen molar-refractivity contribution in [1.29, 1.82) is 0 Å². The van der Waals surface area contributed by atoms with E-state index in [0.29, 0.717) is 0 Å². The van der Waals surface area contributed by atoms with Gasteiger partial charge in [0.25, 0.3) is 0 Å². The van der Waals surface area contributed by atoms with E-state index in [4.69, 9.17) is 0 Å². The van der Waals surface area contributed by atoms with E-state index in [1.54, 1.807) is 6.08 Å². The fourth-order valence-corrected chi connectivity index (χ4v) is 3.01. The molecule has 2 atom stereocenters. The summed E-state index contributed by atoms with van der Waals surface area (Å²) in [6.45, 7) is 0. The maximum absolute atomic E-state index is 11.1. The van der Waals surface area contributed by atoms with Gasteiger partial charge >= 0.3 is 5.97 Å². The van der Waals surface area contributed by atoms with E-state index in [2.05, 4.69) is 29.0 Å². The van der Waals surface area contributed by atoms with Crippen LogP contribution in [0.15, 0.2) is 42.5 Å². The molecule has 1 aliphatic carbocycles. The number of aryl methyl sites for hydroxylation is 1. The topological polar surface area (TPSA) is 66.8 Å². The number of aliphatic hydroxyl groups excluding tert-OH is 2. The standard InChI is InChI=1S/C20H26O4/c1-24-20(23)14-18(22)13-17(21)11-6-10-16-8-3-2-7-15-9-4-5-12-19(15)16/h4-6,9-12,17-18,21-22H,2-3,7-8,13-14H2,1H3/t17-,18-/m1/s1. The lowest BCUT2D eigenvalue weighted by Gasteiger charge is -2.11. The molecular weight excluding hydrogens is 304 g/mol. The molecule has 0 aliphatic heterocycles. The summed E-state index contributed by atoms with van der Waals surface area (Å²) in [4.78, 5) is 11.1. The van der Waals surface area contributed by atoms with Crippen LogP contribution in [0.2, 0.25) is 0 Å². The second kappa shape index (κ2) is 9.40. The van der Waals surface area contributed by atoms with Gasteiger partial charge < -0.3 is 14.9 Å². The summed E-state index contributed by atoms with van der Waals surface area (Å²) in [5.41, 5.74) is 3.95. The van der Waals surface area contributed by atoms with Crippen molar-refractivity contribution in [3.63, 3.8) is 0 Å². The third kappa shape index (κ3) is 5.62. The first-order valence-electron chi connectivity index (χ1n) is 8.48. The van der Waals surface area contributed by atoms with Crippen LogP contribution in [0, 0.1) is 0 Å². The minimum Gasteiger partial charge on any atom is -0.469 e. The molecule has 1 aromatic rings. The molecule has 0 bridgehead atoms. The van der Waals surface area contributed by atoms with E-state index in [-0.39, 0.29) is 12.8 Å². The SMILES string of the molecule is COC(=O)C[C@H](O)C[C@H](O)C=CC=C1CCCCc2ccccc21. The number of carbonyl (C=O) groups excluding carboxylic acids is 1. The van der Waals surface area contributed by atoms with Crippen LogP contribution in [-0.2, 0) is 16.0 Å². The summed E-state index contributed by atoms with van der Waals surface area (Å²) in [5.74, 6) is -0.476. The average Bonchev–Trinajstić information content (AvgIpc) is 2.77. The van der Waals surface area contributed by atoms with Gasteiger partial charge in [0.1, 0.15) is 0 Å². The number of aliphatic hydroxyl groups is 2. The fraction of sp³-hybridized carbons (Fsp3) is 0.450. The molecule has 1 aromatic carbocycles. The zero-order valence-electron chi connectivity index (χ0n) is 14.1. The van der Waals surface area contributed by atoms with E-state index in [9.17, 15) is 15.0 Å². The van der Waals surface area contributed by atoms with Gasteiger partial charge in [-0.15, -0.1) is 0 Å². The Morgan fingerprint density at radius 1 is 1.25 bits per heavy atom. The highest BCUT2D eigenvalue weighted by molar-refractivity contribution is 5.70. The van der Waals surface area contributed by atoms with Crippen molar-refractivity contribution in [3.8, 4) is 0 Å². The number of ether oxygens (including phenoxy) is 1. The molecule has 0 heterocycles. The third-order valence-corrected chi connectivity index (χ3v) is 4.28. The van der Waals surface area contributed by atoms with Crippen molar-refractivity contribution in [2.24, 2.45) is 0 Å². The van der Waals surface area contributed by atoms with Crippen LogP contribution in [0.4, 0.5) is 0 Å². The predicted octanol–water partition coefficient (Wildman–Crippen LogP) is 3.03. The number of carbonyl (C=O) groups is 1. The van der Waals surface area contributed by atoms with Crippen molar-refractivity contribution < 1.29 is 19.7 Å². The Bertz CT molecular complexity index is 603. The summed E-state index contributed by atoms with van der Waals surface area (Å²) in [5, 5.41) is 19.7. The van der Waals surface area contributed by atoms with Crippen molar-refractivity contribution in [3.05, 3.63) is 53.6 Å². The summed E-state index contributed by atoms with van der Waals surface area (Å²) >= 11 is 0. The minimum atomic E-state index is -0.900. The van der Waals surface area contributed by atoms with Crippen LogP contribution in [0.25, 0.3) is 5.57 Å². The van der Waals surface area contributed by atoms with Crippen LogP contribution in [-0.4, -0.2) is 35.5 Å². The van der Waals surface area contributed by atoms with E-state index < -0.39 is 18.2 Å². The number of hydrogen-bond donors (Lipinski definition) is 2. The van der Waals surface area contributed by atoms with Gasteiger partial charge in [-0.3, -0.25) is 4.79 Å². The Morgan fingerprint density at radius 2 is 2.00 bits per heavy atom. The second-order valence-electron chi connectivity index (χ2n) is 6.18. The van der Waals surface area contributed by atoms with Gasteiger partial charge in [0.2, 0.25) is 0 Å². The Kier molecular flexibility index (Phi) is 7.22. The molecule has 0 aromatic heterocycles. The van der Waals surface area contributed by atoms with Crippen molar-refractivity contribution in [1.82, 2.24) is 0 Å². The first-order chi connectivity index (χ1) is 11.6. The predicted molar refractivity (Wildman–Crippen MR) is 94.4 cm³/mol. The normalized spacial score (nSPS) is 18.9. The molecule has 0 saturated carbocycles. The first-order valence-corrected chi connectivity index (χ1v) is 8.48. The van der Waals surface area contributed by atoms with Gasteiger partial charge in [-0.2, -0.15) is 0 Å². The number of allylic oxidation sites excluding steroid dienone is 3. The van der Waals surface area contributed by atoms with Gasteiger partial charge in [-0.25, -0.2) is 0 Å². The number of hydrogen-bond acceptors (Lipinski definition) is 4. The van der Waals surface area contributed by atoms with Crippen molar-refractivity contribution in [2.75, 3.05) is 7.11 Å². The molecule has 0 unspecified atom stereocenters. The smallest absolute Gasteiger partial charge is 0.308 e. The van der Waals surface area contributed by atoms with Gasteiger partial charge in [-0.05, 0) is 42.4 Å². The molecule has 2 N–H and O–H groups in total. The zero-order chi connectivity index (χ0) is 17.4. The van der Waals surface area contributed by atoms with Crippen LogP contribution in [0.3, 0.4) is 0 Å². The molecule has 0 saturated heterocycles. The van der Waals surface area contributed by atoms with E-state index in [1.165, 1.54) is 30.2 Å². The quantitative estimate of drug-likeness (QED) is 0.621. The Hall–Kier alpha value is -1.91. The van der Waals surface area contributed by atoms with Crippen LogP contribution >= 0.6 is 0 Å². The Morgan fingerprint density at radius 3 is 2.79 bits per heavy atom. The molecule has 2 rings (SSSR count). The summed E-state index contributed by atoms with van der Waals surface area (Å²) < 4.78 is 4.50. The van der Waals surface area contributed by atoms with Crippen LogP contribution in [0.5, 0.6) is 0 Å². The highest BCUT2D eigenvalue weighted by atomic mass is 16.5. The second-order valence-corrected chi connectivity index (χ2v) is 6.18. The Labute approximate surface area is 143 Å². The molecule has 0 fully saturated rings. The maximum Gasteiger partial charge on any atom is 0.308 e. The van der Waals surface area contributed by atoms with E-state index in [0.717, 1.165) is 19.3 Å². The van der Waals surface area contributed by atoms with Gasteiger partial charge in [-0.1, -0.05) is 42.5 Å². The molecule has 1 aliphatic rings. The monoisotopic (exact) mass is 330 g/mol. The molecular formula is C20H26O4. The lowest BCUT2D eigenvalue weighted by molar-refractivity contribution is -0.143. The van der Waals surface area contributed by atoms with Crippen molar-refractivity contribution in [2.45, 2.75) is 50.7 Å². The lowest BCUT2D eigenvalue weighted by Crippen LogP contribution is -2.20. The van der Waals surface area contributed by atoms with Crippen LogP contribution < -0.4 is 0 Å². The van der Waals surface area contributed by atoms with Crippen molar-refractivity contribution >= 4 is 11.5 Å². The van der Waals surface area contributed by atoms with Crippen LogP contribution in [0.1, 0.15) is 43.2 Å². The summed E-state index contributed by atoms with van der Waals surface area (Å²) in [6, 6.07) is 8.46. The fourth-order valence-electron chi connectivity index (χ4n) is 3.01. The van der Waals surface area contributed by atoms with Gasteiger partial charge in [0.15, 0.2) is 0 Å². The number of fused-ring (bicyclic) bond motifs is 1. The molecule has 0 spiro atoms. The van der Waals surface area contributed by atoms with Gasteiger partial charge in [0, 0.05) is 6.42 Å². The van der Waals surface area contributed by atoms with E-state index in [1.807, 2.05) is 12.2 Å². The van der Waals surface area contributed by atoms with Gasteiger partial charge in [0.05, 0.1) is 25.7 Å². The first kappa shape index (κ1) is 18.4.